The normalized spacial score (nSPS) is 11.5. The van der Waals surface area contributed by atoms with Crippen LogP contribution in [0.4, 0.5) is 0 Å². The third kappa shape index (κ3) is 3.93. The molecule has 0 amide bonds. The predicted molar refractivity (Wildman–Crippen MR) is 170 cm³/mol. The molecule has 0 spiro atoms. The SMILES string of the molecule is O=c1c2ccccc2oc2cc(-c3cccc(-c4cccc(-c5ccc6c(=O)c7ccccc7oc6c5)c4)c3)ccc12. The van der Waals surface area contributed by atoms with Crippen LogP contribution in [-0.2, 0) is 0 Å². The molecule has 8 aromatic rings. The van der Waals surface area contributed by atoms with Gasteiger partial charge in [-0.3, -0.25) is 9.59 Å². The highest BCUT2D eigenvalue weighted by Crippen LogP contribution is 2.32. The largest absolute Gasteiger partial charge is 0.456 e. The Bertz CT molecular complexity index is 2290. The Balaban J connectivity index is 1.19. The van der Waals surface area contributed by atoms with Crippen LogP contribution in [-0.4, -0.2) is 0 Å². The second-order valence-corrected chi connectivity index (χ2v) is 10.4. The van der Waals surface area contributed by atoms with Gasteiger partial charge >= 0.3 is 0 Å². The average molecular weight is 543 g/mol. The maximum absolute atomic E-state index is 13.0. The first-order valence-corrected chi connectivity index (χ1v) is 13.7. The van der Waals surface area contributed by atoms with Gasteiger partial charge in [-0.05, 0) is 94.0 Å². The fourth-order valence-corrected chi connectivity index (χ4v) is 5.72. The van der Waals surface area contributed by atoms with Gasteiger partial charge in [0.05, 0.1) is 21.5 Å². The van der Waals surface area contributed by atoms with Crippen LogP contribution >= 0.6 is 0 Å². The smallest absolute Gasteiger partial charge is 0.200 e. The van der Waals surface area contributed by atoms with E-state index < -0.39 is 0 Å². The summed E-state index contributed by atoms with van der Waals surface area (Å²) in [6.45, 7) is 0. The number of benzene rings is 6. The highest BCUT2D eigenvalue weighted by Gasteiger charge is 2.11. The van der Waals surface area contributed by atoms with E-state index in [2.05, 4.69) is 36.4 Å². The summed E-state index contributed by atoms with van der Waals surface area (Å²) in [6, 6.07) is 42.8. The molecule has 0 aliphatic heterocycles. The second kappa shape index (κ2) is 9.43. The number of para-hydroxylation sites is 2. The van der Waals surface area contributed by atoms with Crippen LogP contribution in [0, 0.1) is 0 Å². The lowest BCUT2D eigenvalue weighted by atomic mass is 9.95. The van der Waals surface area contributed by atoms with Crippen LogP contribution in [0.25, 0.3) is 77.3 Å². The lowest BCUT2D eigenvalue weighted by molar-refractivity contribution is 0.659. The zero-order valence-corrected chi connectivity index (χ0v) is 22.3. The van der Waals surface area contributed by atoms with Gasteiger partial charge in [0.15, 0.2) is 0 Å². The molecule has 0 saturated carbocycles. The minimum absolute atomic E-state index is 0.0230. The Kier molecular flexibility index (Phi) is 5.41. The Morgan fingerprint density at radius 1 is 0.310 bits per heavy atom. The molecule has 42 heavy (non-hydrogen) atoms. The summed E-state index contributed by atoms with van der Waals surface area (Å²) in [5.74, 6) is 0. The molecule has 0 unspecified atom stereocenters. The van der Waals surface area contributed by atoms with Gasteiger partial charge in [-0.2, -0.15) is 0 Å². The maximum Gasteiger partial charge on any atom is 0.200 e. The molecule has 6 aromatic carbocycles. The van der Waals surface area contributed by atoms with E-state index in [-0.39, 0.29) is 10.9 Å². The number of fused-ring (bicyclic) bond motifs is 4. The van der Waals surface area contributed by atoms with Crippen molar-refractivity contribution in [3.05, 3.63) is 154 Å². The molecule has 0 bridgehead atoms. The molecular formula is C38H22O4. The molecule has 4 heteroatoms. The van der Waals surface area contributed by atoms with Gasteiger partial charge in [-0.15, -0.1) is 0 Å². The summed E-state index contributed by atoms with van der Waals surface area (Å²) in [7, 11) is 0. The van der Waals surface area contributed by atoms with Crippen molar-refractivity contribution >= 4 is 43.9 Å². The van der Waals surface area contributed by atoms with Gasteiger partial charge in [0.25, 0.3) is 0 Å². The molecule has 0 aliphatic carbocycles. The minimum Gasteiger partial charge on any atom is -0.456 e. The van der Waals surface area contributed by atoms with E-state index >= 15 is 0 Å². The van der Waals surface area contributed by atoms with Crippen LogP contribution in [0.5, 0.6) is 0 Å². The zero-order valence-electron chi connectivity index (χ0n) is 22.3. The molecular weight excluding hydrogens is 520 g/mol. The number of rotatable bonds is 3. The Morgan fingerprint density at radius 2 is 0.667 bits per heavy atom. The van der Waals surface area contributed by atoms with Gasteiger partial charge in [-0.1, -0.05) is 72.8 Å². The summed E-state index contributed by atoms with van der Waals surface area (Å²) in [5.41, 5.74) is 8.36. The van der Waals surface area contributed by atoms with E-state index in [1.165, 1.54) is 0 Å². The first-order valence-electron chi connectivity index (χ1n) is 13.7. The Hall–Kier alpha value is -5.74. The van der Waals surface area contributed by atoms with Crippen molar-refractivity contribution in [2.45, 2.75) is 0 Å². The quantitative estimate of drug-likeness (QED) is 0.209. The summed E-state index contributed by atoms with van der Waals surface area (Å²) in [4.78, 5) is 26.0. The summed E-state index contributed by atoms with van der Waals surface area (Å²) >= 11 is 0. The monoisotopic (exact) mass is 542 g/mol. The molecule has 2 aromatic heterocycles. The lowest BCUT2D eigenvalue weighted by Crippen LogP contribution is -2.01. The maximum atomic E-state index is 13.0. The van der Waals surface area contributed by atoms with Gasteiger partial charge in [0, 0.05) is 0 Å². The molecule has 0 N–H and O–H groups in total. The van der Waals surface area contributed by atoms with Crippen LogP contribution in [0.1, 0.15) is 0 Å². The predicted octanol–water partition coefficient (Wildman–Crippen LogP) is 9.21. The topological polar surface area (TPSA) is 60.4 Å². The van der Waals surface area contributed by atoms with E-state index in [9.17, 15) is 9.59 Å². The van der Waals surface area contributed by atoms with E-state index in [0.29, 0.717) is 43.9 Å². The van der Waals surface area contributed by atoms with Crippen LogP contribution in [0.2, 0.25) is 0 Å². The van der Waals surface area contributed by atoms with Gasteiger partial charge in [0.2, 0.25) is 10.9 Å². The Labute approximate surface area is 239 Å². The van der Waals surface area contributed by atoms with Crippen molar-refractivity contribution in [1.29, 1.82) is 0 Å². The molecule has 0 radical (unpaired) electrons. The van der Waals surface area contributed by atoms with Crippen LogP contribution in [0.15, 0.2) is 152 Å². The van der Waals surface area contributed by atoms with Crippen molar-refractivity contribution in [1.82, 2.24) is 0 Å². The Morgan fingerprint density at radius 3 is 1.10 bits per heavy atom. The third-order valence-corrected chi connectivity index (χ3v) is 7.88. The first kappa shape index (κ1) is 24.1. The molecule has 4 nitrogen and oxygen atoms in total. The van der Waals surface area contributed by atoms with Crippen molar-refractivity contribution in [3.63, 3.8) is 0 Å². The highest BCUT2D eigenvalue weighted by atomic mass is 16.3. The molecule has 2 heterocycles. The fraction of sp³-hybridized carbons (Fsp3) is 0. The van der Waals surface area contributed by atoms with Gasteiger partial charge in [0.1, 0.15) is 22.3 Å². The number of hydrogen-bond acceptors (Lipinski definition) is 4. The summed E-state index contributed by atoms with van der Waals surface area (Å²) in [6.07, 6.45) is 0. The second-order valence-electron chi connectivity index (χ2n) is 10.4. The van der Waals surface area contributed by atoms with Crippen LogP contribution in [0.3, 0.4) is 0 Å². The van der Waals surface area contributed by atoms with Crippen LogP contribution < -0.4 is 10.9 Å². The summed E-state index contributed by atoms with van der Waals surface area (Å²) < 4.78 is 12.2. The third-order valence-electron chi connectivity index (χ3n) is 7.88. The molecule has 8 rings (SSSR count). The molecule has 0 atom stereocenters. The van der Waals surface area contributed by atoms with E-state index in [4.69, 9.17) is 8.83 Å². The molecule has 0 saturated heterocycles. The molecule has 0 aliphatic rings. The zero-order chi connectivity index (χ0) is 28.2. The minimum atomic E-state index is -0.0230. The first-order chi connectivity index (χ1) is 20.6. The standard InChI is InChI=1S/C38H22O4/c39-37-29-11-1-3-13-33(29)41-35-21-27(15-17-31(35)37)25-9-5-7-23(19-25)24-8-6-10-26(20-24)28-16-18-32-36(22-28)42-34-14-4-2-12-30(34)38(32)40/h1-22H. The van der Waals surface area contributed by atoms with Crippen molar-refractivity contribution in [2.24, 2.45) is 0 Å². The fourth-order valence-electron chi connectivity index (χ4n) is 5.72. The molecule has 198 valence electrons. The summed E-state index contributed by atoms with van der Waals surface area (Å²) in [5, 5.41) is 2.31. The van der Waals surface area contributed by atoms with Crippen molar-refractivity contribution in [2.75, 3.05) is 0 Å². The lowest BCUT2D eigenvalue weighted by Gasteiger charge is -2.10. The van der Waals surface area contributed by atoms with Gasteiger partial charge < -0.3 is 8.83 Å². The van der Waals surface area contributed by atoms with E-state index in [0.717, 1.165) is 33.4 Å². The van der Waals surface area contributed by atoms with Gasteiger partial charge in [-0.25, -0.2) is 0 Å². The average Bonchev–Trinajstić information content (AvgIpc) is 3.05. The van der Waals surface area contributed by atoms with Crippen molar-refractivity contribution < 1.29 is 8.83 Å². The van der Waals surface area contributed by atoms with E-state index in [1.807, 2.05) is 84.9 Å². The molecule has 0 fully saturated rings. The highest BCUT2D eigenvalue weighted by molar-refractivity contribution is 5.93. The van der Waals surface area contributed by atoms with E-state index in [1.54, 1.807) is 12.1 Å². The van der Waals surface area contributed by atoms with Crippen molar-refractivity contribution in [3.8, 4) is 33.4 Å². The number of hydrogen-bond donors (Lipinski definition) is 0.